The Labute approximate surface area is 142 Å². The molecule has 1 aromatic heterocycles. The zero-order chi connectivity index (χ0) is 13.8. The number of rotatable bonds is 5. The average molecular weight is 346 g/mol. The maximum absolute atomic E-state index is 10.2. The highest BCUT2D eigenvalue weighted by Crippen LogP contribution is 2.18. The zero-order valence-corrected chi connectivity index (χ0v) is 13.8. The molecule has 7 heteroatoms. The van der Waals surface area contributed by atoms with E-state index in [1.54, 1.807) is 6.26 Å². The first-order valence-corrected chi connectivity index (χ1v) is 6.89. The number of halogens is 2. The number of nitrogens with one attached hydrogen (secondary N) is 2. The zero-order valence-electron chi connectivity index (χ0n) is 12.1. The lowest BCUT2D eigenvalue weighted by Crippen LogP contribution is -2.42. The van der Waals surface area contributed by atoms with E-state index in [0.717, 1.165) is 24.2 Å². The van der Waals surface area contributed by atoms with E-state index < -0.39 is 5.60 Å². The summed E-state index contributed by atoms with van der Waals surface area (Å²) in [6.07, 6.45) is 2.44. The van der Waals surface area contributed by atoms with E-state index >= 15 is 0 Å². The topological polar surface area (TPSA) is 70.3 Å². The minimum Gasteiger partial charge on any atom is -0.444 e. The molecular weight excluding hydrogens is 325 g/mol. The maximum atomic E-state index is 10.2. The quantitative estimate of drug-likeness (QED) is 0.773. The van der Waals surface area contributed by atoms with Crippen LogP contribution in [0.3, 0.4) is 0 Å². The summed E-state index contributed by atoms with van der Waals surface area (Å²) in [6.45, 7) is 2.68. The Morgan fingerprint density at radius 2 is 2.05 bits per heavy atom. The van der Waals surface area contributed by atoms with Crippen molar-refractivity contribution in [1.29, 1.82) is 0 Å². The molecule has 2 heterocycles. The van der Waals surface area contributed by atoms with Gasteiger partial charge >= 0.3 is 0 Å². The second kappa shape index (κ2) is 8.50. The van der Waals surface area contributed by atoms with Gasteiger partial charge in [0.15, 0.2) is 0 Å². The van der Waals surface area contributed by atoms with E-state index in [-0.39, 0.29) is 24.8 Å². The summed E-state index contributed by atoms with van der Waals surface area (Å²) in [5, 5.41) is 16.6. The first-order chi connectivity index (χ1) is 9.75. The second-order valence-electron chi connectivity index (χ2n) is 5.26. The Kier molecular flexibility index (Phi) is 7.32. The molecule has 3 rings (SSSR count). The number of hydrogen-bond donors (Lipinski definition) is 3. The second-order valence-corrected chi connectivity index (χ2v) is 5.26. The van der Waals surface area contributed by atoms with Crippen molar-refractivity contribution >= 4 is 24.8 Å². The van der Waals surface area contributed by atoms with E-state index in [2.05, 4.69) is 15.6 Å². The van der Waals surface area contributed by atoms with Crippen LogP contribution >= 0.6 is 24.8 Å². The Balaban J connectivity index is 0.00000121. The van der Waals surface area contributed by atoms with Crippen LogP contribution in [0.2, 0.25) is 0 Å². The van der Waals surface area contributed by atoms with Gasteiger partial charge in [0.25, 0.3) is 0 Å². The highest BCUT2D eigenvalue weighted by atomic mass is 35.5. The van der Waals surface area contributed by atoms with Gasteiger partial charge in [0.1, 0.15) is 6.26 Å². The van der Waals surface area contributed by atoms with Gasteiger partial charge in [-0.15, -0.1) is 24.8 Å². The van der Waals surface area contributed by atoms with Crippen LogP contribution in [0.4, 0.5) is 0 Å². The van der Waals surface area contributed by atoms with E-state index in [4.69, 9.17) is 4.42 Å². The summed E-state index contributed by atoms with van der Waals surface area (Å²) in [5.41, 5.74) is 1.18. The van der Waals surface area contributed by atoms with Crippen molar-refractivity contribution in [3.63, 3.8) is 0 Å². The molecule has 1 aromatic carbocycles. The average Bonchev–Trinajstić information content (AvgIpc) is 3.10. The summed E-state index contributed by atoms with van der Waals surface area (Å²) in [7, 11) is 0. The lowest BCUT2D eigenvalue weighted by atomic mass is 10.0. The van der Waals surface area contributed by atoms with Crippen molar-refractivity contribution in [2.75, 3.05) is 19.6 Å². The summed E-state index contributed by atoms with van der Waals surface area (Å²) in [6, 6.07) is 9.82. The van der Waals surface area contributed by atoms with Crippen LogP contribution in [-0.2, 0) is 6.54 Å². The molecule has 5 nitrogen and oxygen atoms in total. The first-order valence-electron chi connectivity index (χ1n) is 6.89. The predicted octanol–water partition coefficient (Wildman–Crippen LogP) is 2.00. The normalized spacial score (nSPS) is 20.2. The lowest BCUT2D eigenvalue weighted by molar-refractivity contribution is 0.0608. The fourth-order valence-corrected chi connectivity index (χ4v) is 2.41. The molecule has 0 saturated carbocycles. The molecule has 1 unspecified atom stereocenters. The Morgan fingerprint density at radius 3 is 2.73 bits per heavy atom. The lowest BCUT2D eigenvalue weighted by Gasteiger charge is -2.21. The Hall–Kier alpha value is -1.11. The summed E-state index contributed by atoms with van der Waals surface area (Å²) >= 11 is 0. The van der Waals surface area contributed by atoms with Crippen molar-refractivity contribution in [3.05, 3.63) is 42.3 Å². The van der Waals surface area contributed by atoms with E-state index in [9.17, 15) is 5.11 Å². The summed E-state index contributed by atoms with van der Waals surface area (Å²) < 4.78 is 5.47. The summed E-state index contributed by atoms with van der Waals surface area (Å²) in [4.78, 5) is 4.44. The van der Waals surface area contributed by atoms with E-state index in [1.807, 2.05) is 30.3 Å². The molecule has 1 aliphatic heterocycles. The van der Waals surface area contributed by atoms with Crippen LogP contribution in [0, 0.1) is 0 Å². The van der Waals surface area contributed by atoms with E-state index in [0.29, 0.717) is 25.5 Å². The van der Waals surface area contributed by atoms with Crippen molar-refractivity contribution in [2.45, 2.75) is 18.6 Å². The molecule has 1 saturated heterocycles. The molecule has 0 bridgehead atoms. The molecule has 22 heavy (non-hydrogen) atoms. The molecule has 2 aromatic rings. The first kappa shape index (κ1) is 18.9. The molecule has 3 N–H and O–H groups in total. The Bertz CT molecular complexity index is 557. The van der Waals surface area contributed by atoms with Crippen LogP contribution in [-0.4, -0.2) is 35.3 Å². The molecular formula is C15H21Cl2N3O2. The highest BCUT2D eigenvalue weighted by molar-refractivity contribution is 5.85. The fraction of sp³-hybridized carbons (Fsp3) is 0.400. The molecule has 1 aliphatic rings. The van der Waals surface area contributed by atoms with Gasteiger partial charge < -0.3 is 20.2 Å². The standard InChI is InChI=1S/C15H19N3O2.2ClH/c19-15(6-7-16-10-15)11-17-8-13-9-20-14(18-13)12-4-2-1-3-5-12;;/h1-5,9,16-17,19H,6-8,10-11H2;2*1H. The SMILES string of the molecule is Cl.Cl.OC1(CNCc2coc(-c3ccccc3)n2)CCNC1. The number of aromatic nitrogens is 1. The molecule has 122 valence electrons. The van der Waals surface area contributed by atoms with Gasteiger partial charge in [-0.2, -0.15) is 0 Å². The number of benzene rings is 1. The smallest absolute Gasteiger partial charge is 0.226 e. The Morgan fingerprint density at radius 1 is 1.27 bits per heavy atom. The molecule has 1 atom stereocenters. The van der Waals surface area contributed by atoms with Crippen molar-refractivity contribution in [2.24, 2.45) is 0 Å². The third-order valence-corrected chi connectivity index (χ3v) is 3.55. The minimum absolute atomic E-state index is 0. The van der Waals surface area contributed by atoms with Gasteiger partial charge in [-0.05, 0) is 25.1 Å². The molecule has 0 amide bonds. The van der Waals surface area contributed by atoms with Crippen LogP contribution in [0.1, 0.15) is 12.1 Å². The van der Waals surface area contributed by atoms with Crippen molar-refractivity contribution in [3.8, 4) is 11.5 Å². The number of β-amino-alcohol motifs (C(OH)–C–C–N with tert-alkyl or cyclic N) is 1. The van der Waals surface area contributed by atoms with Gasteiger partial charge in [0.2, 0.25) is 5.89 Å². The number of aliphatic hydroxyl groups is 1. The largest absolute Gasteiger partial charge is 0.444 e. The molecule has 0 radical (unpaired) electrons. The minimum atomic E-state index is -0.633. The molecule has 1 fully saturated rings. The third-order valence-electron chi connectivity index (χ3n) is 3.55. The van der Waals surface area contributed by atoms with Gasteiger partial charge in [-0.3, -0.25) is 0 Å². The van der Waals surface area contributed by atoms with Gasteiger partial charge in [-0.1, -0.05) is 18.2 Å². The molecule has 0 spiro atoms. The van der Waals surface area contributed by atoms with Gasteiger partial charge in [0, 0.05) is 25.2 Å². The van der Waals surface area contributed by atoms with Crippen LogP contribution < -0.4 is 10.6 Å². The molecule has 0 aliphatic carbocycles. The van der Waals surface area contributed by atoms with Crippen molar-refractivity contribution in [1.82, 2.24) is 15.6 Å². The number of hydrogen-bond acceptors (Lipinski definition) is 5. The van der Waals surface area contributed by atoms with Gasteiger partial charge in [-0.25, -0.2) is 4.98 Å². The fourth-order valence-electron chi connectivity index (χ4n) is 2.41. The summed E-state index contributed by atoms with van der Waals surface area (Å²) in [5.74, 6) is 0.628. The van der Waals surface area contributed by atoms with Crippen molar-refractivity contribution < 1.29 is 9.52 Å². The van der Waals surface area contributed by atoms with E-state index in [1.165, 1.54) is 0 Å². The number of oxazole rings is 1. The maximum Gasteiger partial charge on any atom is 0.226 e. The van der Waals surface area contributed by atoms with Crippen LogP contribution in [0.5, 0.6) is 0 Å². The number of nitrogens with zero attached hydrogens (tertiary/aromatic N) is 1. The third kappa shape index (κ3) is 4.69. The highest BCUT2D eigenvalue weighted by Gasteiger charge is 2.30. The predicted molar refractivity (Wildman–Crippen MR) is 90.6 cm³/mol. The van der Waals surface area contributed by atoms with Gasteiger partial charge in [0.05, 0.1) is 11.3 Å². The monoisotopic (exact) mass is 345 g/mol. The van der Waals surface area contributed by atoms with Crippen LogP contribution in [0.15, 0.2) is 41.0 Å². The van der Waals surface area contributed by atoms with Crippen LogP contribution in [0.25, 0.3) is 11.5 Å².